The molecule has 1 amide bonds. The molecule has 6 nitrogen and oxygen atoms in total. The Hall–Kier alpha value is -2.13. The van der Waals surface area contributed by atoms with E-state index < -0.39 is 10.0 Å². The van der Waals surface area contributed by atoms with Gasteiger partial charge in [-0.3, -0.25) is 4.79 Å². The summed E-state index contributed by atoms with van der Waals surface area (Å²) in [5.41, 5.74) is 1.35. The molecular formula is C16H12ClN3O3S2. The molecule has 0 aromatic heterocycles. The standard InChI is InChI=1S/C16H12ClN3O3S2/c17-11-3-1-10(2-4-11)9-14-15(21)20-16(24-14)19-12-5-7-13(8-6-12)25(18,22)23/h1-9H,(H2,18,22,23)(H,19,20,21). The van der Waals surface area contributed by atoms with Gasteiger partial charge in [0.15, 0.2) is 5.17 Å². The number of nitrogens with two attached hydrogens (primary N) is 1. The fourth-order valence-corrected chi connectivity index (χ4v) is 3.50. The van der Waals surface area contributed by atoms with Crippen LogP contribution in [0, 0.1) is 0 Å². The Morgan fingerprint density at radius 2 is 1.72 bits per heavy atom. The first-order valence-electron chi connectivity index (χ1n) is 6.99. The molecule has 25 heavy (non-hydrogen) atoms. The van der Waals surface area contributed by atoms with Gasteiger partial charge >= 0.3 is 0 Å². The third kappa shape index (κ3) is 4.49. The molecule has 0 radical (unpaired) electrons. The summed E-state index contributed by atoms with van der Waals surface area (Å²) in [5.74, 6) is -0.250. The fraction of sp³-hybridized carbons (Fsp3) is 0. The lowest BCUT2D eigenvalue weighted by molar-refractivity contribution is -0.115. The van der Waals surface area contributed by atoms with E-state index in [1.54, 1.807) is 18.2 Å². The molecule has 1 fully saturated rings. The summed E-state index contributed by atoms with van der Waals surface area (Å²) in [6.45, 7) is 0. The zero-order chi connectivity index (χ0) is 18.0. The maximum atomic E-state index is 12.0. The molecule has 3 N–H and O–H groups in total. The number of benzene rings is 2. The molecule has 1 aliphatic rings. The van der Waals surface area contributed by atoms with Crippen LogP contribution in [0.25, 0.3) is 6.08 Å². The van der Waals surface area contributed by atoms with Crippen molar-refractivity contribution in [3.05, 3.63) is 64.0 Å². The van der Waals surface area contributed by atoms with Crippen LogP contribution in [0.3, 0.4) is 0 Å². The lowest BCUT2D eigenvalue weighted by Gasteiger charge is -1.99. The monoisotopic (exact) mass is 393 g/mol. The topological polar surface area (TPSA) is 102 Å². The van der Waals surface area contributed by atoms with E-state index >= 15 is 0 Å². The number of carbonyl (C=O) groups excluding carboxylic acids is 1. The number of sulfonamides is 1. The molecule has 1 heterocycles. The maximum Gasteiger partial charge on any atom is 0.264 e. The van der Waals surface area contributed by atoms with E-state index in [9.17, 15) is 13.2 Å². The number of amidine groups is 1. The third-order valence-electron chi connectivity index (χ3n) is 3.21. The number of primary sulfonamides is 1. The number of rotatable bonds is 3. The van der Waals surface area contributed by atoms with E-state index in [1.165, 1.54) is 36.0 Å². The van der Waals surface area contributed by atoms with Crippen LogP contribution >= 0.6 is 23.4 Å². The average Bonchev–Trinajstić information content (AvgIpc) is 2.89. The lowest BCUT2D eigenvalue weighted by atomic mass is 10.2. The highest BCUT2D eigenvalue weighted by molar-refractivity contribution is 8.18. The van der Waals surface area contributed by atoms with Crippen molar-refractivity contribution in [1.29, 1.82) is 0 Å². The van der Waals surface area contributed by atoms with E-state index in [0.29, 0.717) is 20.8 Å². The van der Waals surface area contributed by atoms with Gasteiger partial charge in [-0.25, -0.2) is 18.5 Å². The van der Waals surface area contributed by atoms with Gasteiger partial charge in [0.1, 0.15) is 0 Å². The summed E-state index contributed by atoms with van der Waals surface area (Å²) in [7, 11) is -3.74. The molecule has 1 aliphatic heterocycles. The van der Waals surface area contributed by atoms with Crippen molar-refractivity contribution in [1.82, 2.24) is 5.32 Å². The van der Waals surface area contributed by atoms with Crippen LogP contribution in [0.1, 0.15) is 5.56 Å². The van der Waals surface area contributed by atoms with Gasteiger partial charge in [-0.15, -0.1) is 0 Å². The summed E-state index contributed by atoms with van der Waals surface area (Å²) in [6.07, 6.45) is 1.74. The quantitative estimate of drug-likeness (QED) is 0.782. The number of thioether (sulfide) groups is 1. The Kier molecular flexibility index (Phi) is 4.96. The van der Waals surface area contributed by atoms with Gasteiger partial charge in [-0.05, 0) is 59.8 Å². The molecule has 0 unspecified atom stereocenters. The number of aliphatic imine (C=N–C) groups is 1. The minimum absolute atomic E-state index is 0.00267. The molecule has 9 heteroatoms. The summed E-state index contributed by atoms with van der Waals surface area (Å²) in [5, 5.41) is 8.75. The van der Waals surface area contributed by atoms with Gasteiger partial charge in [0, 0.05) is 5.02 Å². The highest BCUT2D eigenvalue weighted by Crippen LogP contribution is 2.28. The molecule has 0 saturated carbocycles. The predicted octanol–water partition coefficient (Wildman–Crippen LogP) is 2.88. The maximum absolute atomic E-state index is 12.0. The van der Waals surface area contributed by atoms with Gasteiger partial charge in [-0.2, -0.15) is 0 Å². The predicted molar refractivity (Wildman–Crippen MR) is 100 cm³/mol. The van der Waals surface area contributed by atoms with Gasteiger partial charge in [0.25, 0.3) is 5.91 Å². The van der Waals surface area contributed by atoms with Crippen molar-refractivity contribution in [2.45, 2.75) is 4.90 Å². The van der Waals surface area contributed by atoms with E-state index in [2.05, 4.69) is 10.3 Å². The van der Waals surface area contributed by atoms with E-state index in [1.807, 2.05) is 12.1 Å². The van der Waals surface area contributed by atoms with Gasteiger partial charge < -0.3 is 5.32 Å². The van der Waals surface area contributed by atoms with Crippen molar-refractivity contribution in [2.75, 3.05) is 0 Å². The van der Waals surface area contributed by atoms with Crippen LogP contribution in [0.5, 0.6) is 0 Å². The number of nitrogens with one attached hydrogen (secondary N) is 1. The van der Waals surface area contributed by atoms with Crippen molar-refractivity contribution in [3.8, 4) is 0 Å². The average molecular weight is 394 g/mol. The van der Waals surface area contributed by atoms with E-state index in [4.69, 9.17) is 16.7 Å². The molecular weight excluding hydrogens is 382 g/mol. The highest BCUT2D eigenvalue weighted by Gasteiger charge is 2.23. The zero-order valence-electron chi connectivity index (χ0n) is 12.6. The fourth-order valence-electron chi connectivity index (χ4n) is 2.02. The van der Waals surface area contributed by atoms with E-state index in [0.717, 1.165) is 5.56 Å². The molecule has 2 aromatic carbocycles. The van der Waals surface area contributed by atoms with Crippen LogP contribution in [-0.4, -0.2) is 19.5 Å². The molecule has 2 aromatic rings. The molecule has 3 rings (SSSR count). The SMILES string of the molecule is NS(=O)(=O)c1ccc(N=C2NC(=O)C(=Cc3ccc(Cl)cc3)S2)cc1. The second-order valence-electron chi connectivity index (χ2n) is 5.07. The lowest BCUT2D eigenvalue weighted by Crippen LogP contribution is -2.19. The van der Waals surface area contributed by atoms with Crippen molar-refractivity contribution >= 4 is 56.2 Å². The number of hydrogen-bond acceptors (Lipinski definition) is 5. The first-order chi connectivity index (χ1) is 11.8. The summed E-state index contributed by atoms with van der Waals surface area (Å²) in [4.78, 5) is 16.8. The molecule has 0 spiro atoms. The number of amides is 1. The van der Waals surface area contributed by atoms with Crippen molar-refractivity contribution in [3.63, 3.8) is 0 Å². The Balaban J connectivity index is 1.80. The van der Waals surface area contributed by atoms with Gasteiger partial charge in [0.2, 0.25) is 10.0 Å². The van der Waals surface area contributed by atoms with Crippen LogP contribution < -0.4 is 10.5 Å². The van der Waals surface area contributed by atoms with Crippen LogP contribution in [-0.2, 0) is 14.8 Å². The Morgan fingerprint density at radius 1 is 1.08 bits per heavy atom. The van der Waals surface area contributed by atoms with Crippen LogP contribution in [0.15, 0.2) is 63.3 Å². The minimum atomic E-state index is -3.74. The molecule has 128 valence electrons. The van der Waals surface area contributed by atoms with E-state index in [-0.39, 0.29) is 10.8 Å². The summed E-state index contributed by atoms with van der Waals surface area (Å²) >= 11 is 7.04. The zero-order valence-corrected chi connectivity index (χ0v) is 15.0. The Bertz CT molecular complexity index is 982. The number of hydrogen-bond donors (Lipinski definition) is 2. The van der Waals surface area contributed by atoms with Gasteiger partial charge in [-0.1, -0.05) is 23.7 Å². The smallest absolute Gasteiger partial charge is 0.264 e. The summed E-state index contributed by atoms with van der Waals surface area (Å²) < 4.78 is 22.5. The number of nitrogens with zero attached hydrogens (tertiary/aromatic N) is 1. The van der Waals surface area contributed by atoms with Crippen molar-refractivity contribution in [2.24, 2.45) is 10.1 Å². The highest BCUT2D eigenvalue weighted by atomic mass is 35.5. The number of halogens is 1. The largest absolute Gasteiger partial charge is 0.300 e. The molecule has 0 atom stereocenters. The molecule has 1 saturated heterocycles. The van der Waals surface area contributed by atoms with Crippen LogP contribution in [0.2, 0.25) is 5.02 Å². The summed E-state index contributed by atoms with van der Waals surface area (Å²) in [6, 6.07) is 12.9. The number of carbonyl (C=O) groups is 1. The third-order valence-corrected chi connectivity index (χ3v) is 5.31. The van der Waals surface area contributed by atoms with Gasteiger partial charge in [0.05, 0.1) is 15.5 Å². The second-order valence-corrected chi connectivity index (χ2v) is 8.10. The Labute approximate surface area is 153 Å². The van der Waals surface area contributed by atoms with Crippen molar-refractivity contribution < 1.29 is 13.2 Å². The normalized spacial score (nSPS) is 17.9. The molecule has 0 aliphatic carbocycles. The second kappa shape index (κ2) is 7.01. The first-order valence-corrected chi connectivity index (χ1v) is 9.73. The van der Waals surface area contributed by atoms with Crippen LogP contribution in [0.4, 0.5) is 5.69 Å². The molecule has 0 bridgehead atoms. The minimum Gasteiger partial charge on any atom is -0.300 e. The first kappa shape index (κ1) is 17.7. The Morgan fingerprint density at radius 3 is 2.32 bits per heavy atom.